The number of nitrogens with one attached hydrogen (secondary N) is 2. The molecule has 2 atom stereocenters. The molecular formula is C18H26N6O2. The highest BCUT2D eigenvalue weighted by atomic mass is 16.2. The molecular weight excluding hydrogens is 332 g/mol. The van der Waals surface area contributed by atoms with Crippen molar-refractivity contribution in [2.45, 2.75) is 65.5 Å². The van der Waals surface area contributed by atoms with E-state index in [2.05, 4.69) is 20.8 Å². The molecule has 0 aliphatic heterocycles. The summed E-state index contributed by atoms with van der Waals surface area (Å²) in [5, 5.41) is 14.5. The first-order chi connectivity index (χ1) is 12.3. The number of hydrogen-bond acceptors (Lipinski definition) is 4. The van der Waals surface area contributed by atoms with Crippen LogP contribution in [0.4, 0.5) is 9.59 Å². The zero-order valence-corrected chi connectivity index (χ0v) is 15.7. The van der Waals surface area contributed by atoms with Gasteiger partial charge in [0.2, 0.25) is 0 Å². The third-order valence-corrected chi connectivity index (χ3v) is 4.73. The molecule has 0 aromatic carbocycles. The number of aromatic nitrogens is 4. The Morgan fingerprint density at radius 3 is 1.65 bits per heavy atom. The summed E-state index contributed by atoms with van der Waals surface area (Å²) < 4.78 is 2.79. The van der Waals surface area contributed by atoms with Gasteiger partial charge in [-0.1, -0.05) is 0 Å². The van der Waals surface area contributed by atoms with E-state index in [1.165, 1.54) is 9.36 Å². The van der Waals surface area contributed by atoms with Crippen molar-refractivity contribution in [3.05, 3.63) is 34.9 Å². The number of hydrogen-bond donors (Lipinski definition) is 2. The molecule has 0 radical (unpaired) electrons. The van der Waals surface area contributed by atoms with Crippen LogP contribution in [0.3, 0.4) is 0 Å². The van der Waals surface area contributed by atoms with Gasteiger partial charge in [0.25, 0.3) is 0 Å². The van der Waals surface area contributed by atoms with E-state index in [9.17, 15) is 9.59 Å². The summed E-state index contributed by atoms with van der Waals surface area (Å²) in [7, 11) is 0. The van der Waals surface area contributed by atoms with Crippen LogP contribution in [-0.4, -0.2) is 43.7 Å². The Morgan fingerprint density at radius 2 is 1.31 bits per heavy atom. The van der Waals surface area contributed by atoms with Gasteiger partial charge in [0, 0.05) is 23.5 Å². The summed E-state index contributed by atoms with van der Waals surface area (Å²) in [5.41, 5.74) is 3.25. The second kappa shape index (κ2) is 7.31. The Bertz CT molecular complexity index is 756. The predicted molar refractivity (Wildman–Crippen MR) is 97.3 cm³/mol. The molecule has 26 heavy (non-hydrogen) atoms. The van der Waals surface area contributed by atoms with Crippen molar-refractivity contribution in [2.24, 2.45) is 0 Å². The minimum absolute atomic E-state index is 0.0194. The van der Waals surface area contributed by atoms with Crippen LogP contribution in [0.2, 0.25) is 0 Å². The Labute approximate surface area is 152 Å². The van der Waals surface area contributed by atoms with E-state index in [-0.39, 0.29) is 24.1 Å². The molecule has 2 aromatic rings. The number of amides is 2. The summed E-state index contributed by atoms with van der Waals surface area (Å²) in [4.78, 5) is 24.9. The van der Waals surface area contributed by atoms with Gasteiger partial charge < -0.3 is 10.6 Å². The average Bonchev–Trinajstić information content (AvgIpc) is 3.08. The molecule has 1 saturated carbocycles. The number of carbonyl (C=O) groups is 2. The molecule has 2 N–H and O–H groups in total. The van der Waals surface area contributed by atoms with Gasteiger partial charge in [-0.05, 0) is 65.5 Å². The fraction of sp³-hybridized carbons (Fsp3) is 0.556. The molecule has 1 aliphatic rings. The monoisotopic (exact) mass is 358 g/mol. The second-order valence-corrected chi connectivity index (χ2v) is 7.14. The summed E-state index contributed by atoms with van der Waals surface area (Å²) in [6.07, 6.45) is 3.45. The third kappa shape index (κ3) is 3.95. The molecule has 2 unspecified atom stereocenters. The second-order valence-electron chi connectivity index (χ2n) is 7.14. The van der Waals surface area contributed by atoms with Crippen molar-refractivity contribution in [2.75, 3.05) is 0 Å². The zero-order valence-electron chi connectivity index (χ0n) is 15.7. The first kappa shape index (κ1) is 18.2. The SMILES string of the molecule is Cc1cc(C)n(C(=O)NC2CCCC(NC(=O)n3nc(C)cc3C)C2)n1. The molecule has 1 fully saturated rings. The van der Waals surface area contributed by atoms with Gasteiger partial charge in [-0.25, -0.2) is 9.59 Å². The fourth-order valence-electron chi connectivity index (χ4n) is 3.59. The molecule has 2 aromatic heterocycles. The van der Waals surface area contributed by atoms with E-state index in [1.807, 2.05) is 39.8 Å². The van der Waals surface area contributed by atoms with Gasteiger partial charge >= 0.3 is 12.1 Å². The van der Waals surface area contributed by atoms with E-state index in [0.29, 0.717) is 6.42 Å². The average molecular weight is 358 g/mol. The zero-order chi connectivity index (χ0) is 18.8. The van der Waals surface area contributed by atoms with Crippen LogP contribution in [0.1, 0.15) is 48.5 Å². The van der Waals surface area contributed by atoms with Gasteiger partial charge in [-0.3, -0.25) is 0 Å². The molecule has 0 bridgehead atoms. The van der Waals surface area contributed by atoms with E-state index in [1.54, 1.807) is 0 Å². The van der Waals surface area contributed by atoms with Gasteiger partial charge in [0.1, 0.15) is 0 Å². The molecule has 1 aliphatic carbocycles. The van der Waals surface area contributed by atoms with Gasteiger partial charge in [0.15, 0.2) is 0 Å². The Balaban J connectivity index is 1.59. The van der Waals surface area contributed by atoms with Crippen molar-refractivity contribution < 1.29 is 9.59 Å². The fourth-order valence-corrected chi connectivity index (χ4v) is 3.59. The predicted octanol–water partition coefficient (Wildman–Crippen LogP) is 2.44. The minimum atomic E-state index is -0.217. The maximum Gasteiger partial charge on any atom is 0.342 e. The summed E-state index contributed by atoms with van der Waals surface area (Å²) >= 11 is 0. The van der Waals surface area contributed by atoms with Crippen molar-refractivity contribution >= 4 is 12.1 Å². The number of carbonyl (C=O) groups excluding carboxylic acids is 2. The molecule has 0 spiro atoms. The molecule has 140 valence electrons. The first-order valence-electron chi connectivity index (χ1n) is 9.01. The Morgan fingerprint density at radius 1 is 0.885 bits per heavy atom. The van der Waals surface area contributed by atoms with Crippen LogP contribution in [-0.2, 0) is 0 Å². The normalized spacial score (nSPS) is 20.0. The van der Waals surface area contributed by atoms with Crippen LogP contribution < -0.4 is 10.6 Å². The highest BCUT2D eigenvalue weighted by Gasteiger charge is 2.26. The highest BCUT2D eigenvalue weighted by molar-refractivity contribution is 5.77. The summed E-state index contributed by atoms with van der Waals surface area (Å²) in [5.74, 6) is 0. The molecule has 0 saturated heterocycles. The van der Waals surface area contributed by atoms with Gasteiger partial charge in [0.05, 0.1) is 11.4 Å². The topological polar surface area (TPSA) is 93.8 Å². The van der Waals surface area contributed by atoms with Crippen molar-refractivity contribution in [1.82, 2.24) is 30.2 Å². The summed E-state index contributed by atoms with van der Waals surface area (Å²) in [6.45, 7) is 7.44. The Kier molecular flexibility index (Phi) is 5.11. The third-order valence-electron chi connectivity index (χ3n) is 4.73. The maximum atomic E-state index is 12.4. The highest BCUT2D eigenvalue weighted by Crippen LogP contribution is 2.19. The van der Waals surface area contributed by atoms with Crippen LogP contribution in [0, 0.1) is 27.7 Å². The van der Waals surface area contributed by atoms with Crippen molar-refractivity contribution in [3.8, 4) is 0 Å². The number of aryl methyl sites for hydroxylation is 4. The largest absolute Gasteiger partial charge is 0.342 e. The van der Waals surface area contributed by atoms with Crippen molar-refractivity contribution in [3.63, 3.8) is 0 Å². The first-order valence-corrected chi connectivity index (χ1v) is 9.01. The standard InChI is InChI=1S/C18H26N6O2/c1-11-8-13(3)23(21-11)17(25)19-15-6-5-7-16(10-15)20-18(26)24-14(4)9-12(2)22-24/h8-9,15-16H,5-7,10H2,1-4H3,(H,19,25)(H,20,26). The lowest BCUT2D eigenvalue weighted by atomic mass is 9.91. The van der Waals surface area contributed by atoms with Gasteiger partial charge in [-0.15, -0.1) is 0 Å². The van der Waals surface area contributed by atoms with Crippen LogP contribution in [0.25, 0.3) is 0 Å². The smallest absolute Gasteiger partial charge is 0.333 e. The van der Waals surface area contributed by atoms with Crippen LogP contribution >= 0.6 is 0 Å². The van der Waals surface area contributed by atoms with Crippen molar-refractivity contribution in [1.29, 1.82) is 0 Å². The quantitative estimate of drug-likeness (QED) is 0.862. The molecule has 3 rings (SSSR count). The maximum absolute atomic E-state index is 12.4. The lowest BCUT2D eigenvalue weighted by Crippen LogP contribution is -2.48. The number of nitrogens with zero attached hydrogens (tertiary/aromatic N) is 4. The van der Waals surface area contributed by atoms with E-state index >= 15 is 0 Å². The lowest BCUT2D eigenvalue weighted by Gasteiger charge is -2.30. The molecule has 2 heterocycles. The molecule has 8 nitrogen and oxygen atoms in total. The minimum Gasteiger partial charge on any atom is -0.333 e. The Hall–Kier alpha value is -2.64. The summed E-state index contributed by atoms with van der Waals surface area (Å²) in [6, 6.07) is 3.35. The van der Waals surface area contributed by atoms with Crippen LogP contribution in [0.15, 0.2) is 12.1 Å². The van der Waals surface area contributed by atoms with Gasteiger partial charge in [-0.2, -0.15) is 19.6 Å². The molecule has 8 heteroatoms. The van der Waals surface area contributed by atoms with Crippen LogP contribution in [0.5, 0.6) is 0 Å². The van der Waals surface area contributed by atoms with E-state index < -0.39 is 0 Å². The van der Waals surface area contributed by atoms with E-state index in [0.717, 1.165) is 42.0 Å². The lowest BCUT2D eigenvalue weighted by molar-refractivity contribution is 0.219. The number of rotatable bonds is 2. The van der Waals surface area contributed by atoms with E-state index in [4.69, 9.17) is 0 Å². The molecule has 2 amide bonds.